The van der Waals surface area contributed by atoms with E-state index in [1.807, 2.05) is 31.3 Å². The van der Waals surface area contributed by atoms with E-state index in [4.69, 9.17) is 4.74 Å². The van der Waals surface area contributed by atoms with Crippen molar-refractivity contribution in [3.8, 4) is 5.75 Å². The van der Waals surface area contributed by atoms with E-state index in [1.165, 1.54) is 10.5 Å². The van der Waals surface area contributed by atoms with Crippen molar-refractivity contribution in [3.63, 3.8) is 0 Å². The standard InChI is InChI=1S/C25H34N4O2.HI/c1-19-17-29(14-13-23(19)21-10-6-5-7-11-21)25(26-2)27-16-20-9-8-12-22(15-20)31-18-24(30)28(3)4;/h5-12,15,19,23H,13-14,16-18H2,1-4H3,(H,26,27);1H. The van der Waals surface area contributed by atoms with Gasteiger partial charge in [0.1, 0.15) is 5.75 Å². The third-order valence-electron chi connectivity index (χ3n) is 5.85. The molecule has 2 atom stereocenters. The molecule has 1 amide bonds. The van der Waals surface area contributed by atoms with Gasteiger partial charge < -0.3 is 19.9 Å². The van der Waals surface area contributed by atoms with E-state index in [1.54, 1.807) is 14.1 Å². The minimum atomic E-state index is -0.0584. The molecule has 3 rings (SSSR count). The number of nitrogens with zero attached hydrogens (tertiary/aromatic N) is 3. The normalized spacial score (nSPS) is 18.5. The van der Waals surface area contributed by atoms with Crippen LogP contribution in [0.15, 0.2) is 59.6 Å². The number of aliphatic imine (C=N–C) groups is 1. The Morgan fingerprint density at radius 1 is 1.19 bits per heavy atom. The van der Waals surface area contributed by atoms with E-state index < -0.39 is 0 Å². The predicted octanol–water partition coefficient (Wildman–Crippen LogP) is 3.97. The van der Waals surface area contributed by atoms with Crippen molar-refractivity contribution in [1.82, 2.24) is 15.1 Å². The van der Waals surface area contributed by atoms with E-state index in [0.717, 1.165) is 31.0 Å². The van der Waals surface area contributed by atoms with E-state index in [-0.39, 0.29) is 36.5 Å². The second-order valence-corrected chi connectivity index (χ2v) is 8.35. The summed E-state index contributed by atoms with van der Waals surface area (Å²) in [6, 6.07) is 18.6. The molecule has 1 aliphatic rings. The van der Waals surface area contributed by atoms with Crippen LogP contribution in [-0.4, -0.2) is 62.5 Å². The number of benzene rings is 2. The van der Waals surface area contributed by atoms with Crippen LogP contribution in [-0.2, 0) is 11.3 Å². The molecule has 0 aliphatic carbocycles. The first-order valence-electron chi connectivity index (χ1n) is 10.9. The van der Waals surface area contributed by atoms with Gasteiger partial charge in [-0.3, -0.25) is 9.79 Å². The van der Waals surface area contributed by atoms with Gasteiger partial charge in [0.05, 0.1) is 0 Å². The number of piperidine rings is 1. The molecule has 0 spiro atoms. The molecule has 1 heterocycles. The highest BCUT2D eigenvalue weighted by Gasteiger charge is 2.28. The third-order valence-corrected chi connectivity index (χ3v) is 5.85. The van der Waals surface area contributed by atoms with Crippen LogP contribution in [0, 0.1) is 5.92 Å². The lowest BCUT2D eigenvalue weighted by Gasteiger charge is -2.39. The number of amides is 1. The number of carbonyl (C=O) groups is 1. The fourth-order valence-electron chi connectivity index (χ4n) is 4.07. The van der Waals surface area contributed by atoms with Crippen LogP contribution < -0.4 is 10.1 Å². The van der Waals surface area contributed by atoms with Crippen molar-refractivity contribution in [3.05, 3.63) is 65.7 Å². The Hall–Kier alpha value is -2.29. The lowest BCUT2D eigenvalue weighted by molar-refractivity contribution is -0.130. The first-order valence-corrected chi connectivity index (χ1v) is 10.9. The van der Waals surface area contributed by atoms with Crippen LogP contribution in [0.4, 0.5) is 0 Å². The van der Waals surface area contributed by atoms with Gasteiger partial charge in [0.2, 0.25) is 0 Å². The van der Waals surface area contributed by atoms with Gasteiger partial charge in [0, 0.05) is 40.8 Å². The van der Waals surface area contributed by atoms with E-state index in [0.29, 0.717) is 24.1 Å². The highest BCUT2D eigenvalue weighted by molar-refractivity contribution is 14.0. The number of ether oxygens (including phenoxy) is 1. The maximum absolute atomic E-state index is 11.7. The summed E-state index contributed by atoms with van der Waals surface area (Å²) >= 11 is 0. The summed E-state index contributed by atoms with van der Waals surface area (Å²) in [6.07, 6.45) is 1.12. The quantitative estimate of drug-likeness (QED) is 0.336. The maximum Gasteiger partial charge on any atom is 0.259 e. The summed E-state index contributed by atoms with van der Waals surface area (Å²) in [7, 11) is 5.28. The Kier molecular flexibility index (Phi) is 10.3. The van der Waals surface area contributed by atoms with Crippen molar-refractivity contribution < 1.29 is 9.53 Å². The molecule has 7 heteroatoms. The number of nitrogens with one attached hydrogen (secondary N) is 1. The number of halogens is 1. The Labute approximate surface area is 209 Å². The lowest BCUT2D eigenvalue weighted by Crippen LogP contribution is -2.47. The minimum absolute atomic E-state index is 0. The third kappa shape index (κ3) is 7.12. The Morgan fingerprint density at radius 2 is 1.94 bits per heavy atom. The molecule has 0 aromatic heterocycles. The van der Waals surface area contributed by atoms with Gasteiger partial charge in [0.25, 0.3) is 5.91 Å². The van der Waals surface area contributed by atoms with Crippen molar-refractivity contribution in [1.29, 1.82) is 0 Å². The number of likely N-dealkylation sites (N-methyl/N-ethyl adjacent to an activating group) is 1. The lowest BCUT2D eigenvalue weighted by atomic mass is 9.82. The molecule has 1 fully saturated rings. The van der Waals surface area contributed by atoms with Crippen LogP contribution in [0.1, 0.15) is 30.4 Å². The SMILES string of the molecule is CN=C(NCc1cccc(OCC(=O)N(C)C)c1)N1CCC(c2ccccc2)C(C)C1.I. The van der Waals surface area contributed by atoms with E-state index in [9.17, 15) is 4.79 Å². The van der Waals surface area contributed by atoms with Gasteiger partial charge in [-0.15, -0.1) is 24.0 Å². The zero-order valence-electron chi connectivity index (χ0n) is 19.5. The monoisotopic (exact) mass is 550 g/mol. The fourth-order valence-corrected chi connectivity index (χ4v) is 4.07. The molecule has 2 aromatic carbocycles. The number of likely N-dealkylation sites (tertiary alicyclic amines) is 1. The van der Waals surface area contributed by atoms with Crippen LogP contribution in [0.25, 0.3) is 0 Å². The number of hydrogen-bond donors (Lipinski definition) is 1. The van der Waals surface area contributed by atoms with Gasteiger partial charge in [-0.25, -0.2) is 0 Å². The summed E-state index contributed by atoms with van der Waals surface area (Å²) in [5.74, 6) is 2.71. The van der Waals surface area contributed by atoms with Gasteiger partial charge in [0.15, 0.2) is 12.6 Å². The highest BCUT2D eigenvalue weighted by atomic mass is 127. The zero-order chi connectivity index (χ0) is 22.2. The molecule has 6 nitrogen and oxygen atoms in total. The summed E-state index contributed by atoms with van der Waals surface area (Å²) in [5, 5.41) is 3.49. The molecule has 1 N–H and O–H groups in total. The van der Waals surface area contributed by atoms with Crippen LogP contribution in [0.2, 0.25) is 0 Å². The molecular formula is C25H35IN4O2. The molecule has 1 aliphatic heterocycles. The van der Waals surface area contributed by atoms with E-state index >= 15 is 0 Å². The van der Waals surface area contributed by atoms with Crippen molar-refractivity contribution in [2.24, 2.45) is 10.9 Å². The minimum Gasteiger partial charge on any atom is -0.484 e. The summed E-state index contributed by atoms with van der Waals surface area (Å²) in [4.78, 5) is 20.1. The molecule has 0 bridgehead atoms. The van der Waals surface area contributed by atoms with Gasteiger partial charge in [-0.2, -0.15) is 0 Å². The molecule has 174 valence electrons. The van der Waals surface area contributed by atoms with Crippen molar-refractivity contribution >= 4 is 35.8 Å². The Morgan fingerprint density at radius 3 is 2.59 bits per heavy atom. The van der Waals surface area contributed by atoms with Crippen LogP contribution in [0.5, 0.6) is 5.75 Å². The van der Waals surface area contributed by atoms with Crippen molar-refractivity contribution in [2.45, 2.75) is 25.8 Å². The van der Waals surface area contributed by atoms with E-state index in [2.05, 4.69) is 52.5 Å². The maximum atomic E-state index is 11.7. The van der Waals surface area contributed by atoms with Crippen molar-refractivity contribution in [2.75, 3.05) is 40.8 Å². The van der Waals surface area contributed by atoms with Gasteiger partial charge in [-0.05, 0) is 41.5 Å². The average Bonchev–Trinajstić information content (AvgIpc) is 2.78. The predicted molar refractivity (Wildman–Crippen MR) is 141 cm³/mol. The second kappa shape index (κ2) is 12.7. The zero-order valence-corrected chi connectivity index (χ0v) is 21.8. The van der Waals surface area contributed by atoms with Gasteiger partial charge >= 0.3 is 0 Å². The summed E-state index contributed by atoms with van der Waals surface area (Å²) in [5.41, 5.74) is 2.52. The topological polar surface area (TPSA) is 57.2 Å². The first-order chi connectivity index (χ1) is 15.0. The Bertz CT molecular complexity index is 889. The van der Waals surface area contributed by atoms with Gasteiger partial charge in [-0.1, -0.05) is 49.4 Å². The Balaban J connectivity index is 0.00000363. The van der Waals surface area contributed by atoms with Crippen LogP contribution in [0.3, 0.4) is 0 Å². The number of carbonyl (C=O) groups excluding carboxylic acids is 1. The molecule has 32 heavy (non-hydrogen) atoms. The average molecular weight is 550 g/mol. The number of rotatable bonds is 6. The molecule has 2 aromatic rings. The molecule has 0 saturated carbocycles. The smallest absolute Gasteiger partial charge is 0.259 e. The molecule has 0 radical (unpaired) electrons. The molecule has 1 saturated heterocycles. The first kappa shape index (κ1) is 26.0. The van der Waals surface area contributed by atoms with Crippen LogP contribution >= 0.6 is 24.0 Å². The molecular weight excluding hydrogens is 515 g/mol. The largest absolute Gasteiger partial charge is 0.484 e. The fraction of sp³-hybridized carbons (Fsp3) is 0.440. The summed E-state index contributed by atoms with van der Waals surface area (Å²) < 4.78 is 5.63. The second-order valence-electron chi connectivity index (χ2n) is 8.35. The number of guanidine groups is 1. The summed E-state index contributed by atoms with van der Waals surface area (Å²) in [6.45, 7) is 4.99. The molecule has 2 unspecified atom stereocenters. The number of hydrogen-bond acceptors (Lipinski definition) is 3. The highest BCUT2D eigenvalue weighted by Crippen LogP contribution is 2.32.